The van der Waals surface area contributed by atoms with Crippen LogP contribution in [0.25, 0.3) is 0 Å². The molecule has 1 saturated heterocycles. The maximum Gasteiger partial charge on any atom is 0.251 e. The van der Waals surface area contributed by atoms with Crippen LogP contribution in [-0.2, 0) is 20.8 Å². The molecule has 226 valence electrons. The molecule has 2 aliphatic rings. The van der Waals surface area contributed by atoms with Crippen LogP contribution in [0.3, 0.4) is 0 Å². The van der Waals surface area contributed by atoms with E-state index in [1.807, 2.05) is 30.3 Å². The van der Waals surface area contributed by atoms with Gasteiger partial charge in [-0.05, 0) is 56.4 Å². The van der Waals surface area contributed by atoms with Gasteiger partial charge in [0.25, 0.3) is 5.91 Å². The maximum atomic E-state index is 13.6. The molecule has 3 atom stereocenters. The van der Waals surface area contributed by atoms with Crippen LogP contribution in [0.4, 0.5) is 11.4 Å². The van der Waals surface area contributed by atoms with Crippen molar-refractivity contribution in [2.24, 2.45) is 0 Å². The fourth-order valence-corrected chi connectivity index (χ4v) is 5.60. The van der Waals surface area contributed by atoms with Crippen LogP contribution >= 0.6 is 0 Å². The Morgan fingerprint density at radius 2 is 1.76 bits per heavy atom. The lowest BCUT2D eigenvalue weighted by atomic mass is 9.95. The number of amides is 4. The van der Waals surface area contributed by atoms with Gasteiger partial charge in [-0.3, -0.25) is 19.2 Å². The third-order valence-electron chi connectivity index (χ3n) is 7.94. The van der Waals surface area contributed by atoms with E-state index in [1.54, 1.807) is 30.0 Å². The number of anilines is 2. The first kappa shape index (κ1) is 31.2. The predicted molar refractivity (Wildman–Crippen MR) is 162 cm³/mol. The number of nitrogens with zero attached hydrogens (tertiary/aromatic N) is 1. The average molecular weight is 578 g/mol. The molecule has 2 fully saturated rings. The molecule has 1 heterocycles. The molecule has 0 radical (unpaired) electrons. The van der Waals surface area contributed by atoms with E-state index in [9.17, 15) is 24.3 Å². The van der Waals surface area contributed by atoms with Crippen LogP contribution < -0.4 is 26.2 Å². The predicted octanol–water partition coefficient (Wildman–Crippen LogP) is 2.90. The van der Waals surface area contributed by atoms with E-state index >= 15 is 0 Å². The Morgan fingerprint density at radius 1 is 1.02 bits per heavy atom. The van der Waals surface area contributed by atoms with Gasteiger partial charge in [0.2, 0.25) is 17.7 Å². The fraction of sp³-hybridized carbons (Fsp3) is 0.500. The molecule has 2 aromatic rings. The van der Waals surface area contributed by atoms with Crippen molar-refractivity contribution in [1.82, 2.24) is 16.0 Å². The number of carbonyl (C=O) groups is 4. The first-order chi connectivity index (χ1) is 20.2. The van der Waals surface area contributed by atoms with Crippen LogP contribution in [0.15, 0.2) is 48.5 Å². The topological polar surface area (TPSA) is 140 Å². The smallest absolute Gasteiger partial charge is 0.251 e. The lowest BCUT2D eigenvalue weighted by molar-refractivity contribution is -0.123. The van der Waals surface area contributed by atoms with E-state index < -0.39 is 24.1 Å². The highest BCUT2D eigenvalue weighted by molar-refractivity contribution is 6.01. The van der Waals surface area contributed by atoms with Gasteiger partial charge in [-0.25, -0.2) is 0 Å². The van der Waals surface area contributed by atoms with E-state index in [-0.39, 0.29) is 35.9 Å². The van der Waals surface area contributed by atoms with Gasteiger partial charge in [0.05, 0.1) is 18.2 Å². The molecule has 4 amide bonds. The standard InChI is InChI=1S/C32H43N5O5/c1-21(31(41)35-25-12-7-4-8-13-25)33-20-29(39)28(16-23-10-5-3-6-11-23)36-32(42)24-17-26(34-22(2)38)19-27(18-24)37-15-9-14-30(37)40/h3,5-6,10-11,17-19,21,25,28-29,33,39H,4,7-9,12-16,20H2,1-2H3,(H,34,38)(H,35,41)(H,36,42)/t21-,28?,29+/m0/s1. The Morgan fingerprint density at radius 3 is 2.43 bits per heavy atom. The highest BCUT2D eigenvalue weighted by Gasteiger charge is 2.27. The number of nitrogens with one attached hydrogen (secondary N) is 4. The second-order valence-electron chi connectivity index (χ2n) is 11.4. The average Bonchev–Trinajstić information content (AvgIpc) is 3.41. The van der Waals surface area contributed by atoms with E-state index in [1.165, 1.54) is 13.3 Å². The number of carbonyl (C=O) groups excluding carboxylic acids is 4. The number of aliphatic hydroxyl groups is 1. The zero-order valence-electron chi connectivity index (χ0n) is 24.5. The number of aliphatic hydroxyl groups excluding tert-OH is 1. The lowest BCUT2D eigenvalue weighted by Gasteiger charge is -2.28. The zero-order chi connectivity index (χ0) is 30.1. The van der Waals surface area contributed by atoms with Crippen molar-refractivity contribution in [3.05, 3.63) is 59.7 Å². The Labute approximate surface area is 247 Å². The number of hydrogen-bond donors (Lipinski definition) is 5. The minimum Gasteiger partial charge on any atom is -0.390 e. The summed E-state index contributed by atoms with van der Waals surface area (Å²) in [5.41, 5.74) is 2.13. The third-order valence-corrected chi connectivity index (χ3v) is 7.94. The molecule has 0 spiro atoms. The highest BCUT2D eigenvalue weighted by atomic mass is 16.3. The van der Waals surface area contributed by atoms with E-state index in [4.69, 9.17) is 0 Å². The molecule has 2 aromatic carbocycles. The molecular formula is C32H43N5O5. The Bertz CT molecular complexity index is 1250. The van der Waals surface area contributed by atoms with Gasteiger partial charge in [0.15, 0.2) is 0 Å². The largest absolute Gasteiger partial charge is 0.390 e. The van der Waals surface area contributed by atoms with Crippen molar-refractivity contribution < 1.29 is 24.3 Å². The molecule has 1 saturated carbocycles. The number of hydrogen-bond acceptors (Lipinski definition) is 6. The lowest BCUT2D eigenvalue weighted by Crippen LogP contribution is -2.53. The van der Waals surface area contributed by atoms with E-state index in [2.05, 4.69) is 21.3 Å². The molecule has 5 N–H and O–H groups in total. The van der Waals surface area contributed by atoms with Gasteiger partial charge in [-0.15, -0.1) is 0 Å². The summed E-state index contributed by atoms with van der Waals surface area (Å²) in [5.74, 6) is -0.877. The van der Waals surface area contributed by atoms with Crippen molar-refractivity contribution in [3.8, 4) is 0 Å². The molecule has 1 aliphatic carbocycles. The maximum absolute atomic E-state index is 13.6. The van der Waals surface area contributed by atoms with Crippen molar-refractivity contribution in [2.75, 3.05) is 23.3 Å². The summed E-state index contributed by atoms with van der Waals surface area (Å²) in [7, 11) is 0. The number of rotatable bonds is 12. The Hall–Kier alpha value is -3.76. The molecular weight excluding hydrogens is 534 g/mol. The van der Waals surface area contributed by atoms with Crippen LogP contribution in [0.1, 0.15) is 74.7 Å². The fourth-order valence-electron chi connectivity index (χ4n) is 5.60. The van der Waals surface area contributed by atoms with E-state index in [0.29, 0.717) is 30.8 Å². The van der Waals surface area contributed by atoms with Gasteiger partial charge in [0.1, 0.15) is 0 Å². The highest BCUT2D eigenvalue weighted by Crippen LogP contribution is 2.27. The van der Waals surface area contributed by atoms with Gasteiger partial charge >= 0.3 is 0 Å². The summed E-state index contributed by atoms with van der Waals surface area (Å²) >= 11 is 0. The second kappa shape index (κ2) is 14.9. The monoisotopic (exact) mass is 577 g/mol. The minimum absolute atomic E-state index is 0.0357. The van der Waals surface area contributed by atoms with Gasteiger partial charge in [-0.2, -0.15) is 0 Å². The summed E-state index contributed by atoms with van der Waals surface area (Å²) in [4.78, 5) is 52.1. The van der Waals surface area contributed by atoms with Crippen molar-refractivity contribution in [2.45, 2.75) is 89.4 Å². The normalized spacial score (nSPS) is 17.8. The zero-order valence-corrected chi connectivity index (χ0v) is 24.5. The summed E-state index contributed by atoms with van der Waals surface area (Å²) < 4.78 is 0. The molecule has 10 heteroatoms. The van der Waals surface area contributed by atoms with Gasteiger partial charge in [-0.1, -0.05) is 49.6 Å². The first-order valence-electron chi connectivity index (χ1n) is 15.0. The van der Waals surface area contributed by atoms with Crippen LogP contribution in [0.5, 0.6) is 0 Å². The quantitative estimate of drug-likeness (QED) is 0.263. The van der Waals surface area contributed by atoms with Crippen LogP contribution in [0, 0.1) is 0 Å². The second-order valence-corrected chi connectivity index (χ2v) is 11.4. The van der Waals surface area contributed by atoms with Gasteiger partial charge in [0, 0.05) is 49.4 Å². The third kappa shape index (κ3) is 8.87. The summed E-state index contributed by atoms with van der Waals surface area (Å²) in [6, 6.07) is 13.4. The van der Waals surface area contributed by atoms with Crippen LogP contribution in [-0.4, -0.2) is 66.1 Å². The SMILES string of the molecule is CC(=O)Nc1cc(C(=O)NC(Cc2ccccc2)[C@H](O)CN[C@@H](C)C(=O)NC2CCCCC2)cc(N2CCCC2=O)c1. The summed E-state index contributed by atoms with van der Waals surface area (Å²) in [5, 5.41) is 23.1. The van der Waals surface area contributed by atoms with E-state index in [0.717, 1.165) is 37.7 Å². The van der Waals surface area contributed by atoms with Crippen LogP contribution in [0.2, 0.25) is 0 Å². The Balaban J connectivity index is 1.47. The Kier molecular flexibility index (Phi) is 11.1. The minimum atomic E-state index is -1.00. The summed E-state index contributed by atoms with van der Waals surface area (Å²) in [6.45, 7) is 3.78. The van der Waals surface area contributed by atoms with Gasteiger partial charge < -0.3 is 31.3 Å². The van der Waals surface area contributed by atoms with Crippen molar-refractivity contribution >= 4 is 35.0 Å². The number of benzene rings is 2. The summed E-state index contributed by atoms with van der Waals surface area (Å²) in [6.07, 6.45) is 5.94. The molecule has 10 nitrogen and oxygen atoms in total. The first-order valence-corrected chi connectivity index (χ1v) is 15.0. The molecule has 0 aromatic heterocycles. The van der Waals surface area contributed by atoms with Crippen molar-refractivity contribution in [1.29, 1.82) is 0 Å². The molecule has 1 aliphatic heterocycles. The molecule has 0 bridgehead atoms. The molecule has 1 unspecified atom stereocenters. The van der Waals surface area contributed by atoms with Crippen molar-refractivity contribution in [3.63, 3.8) is 0 Å². The molecule has 4 rings (SSSR count). The molecule has 42 heavy (non-hydrogen) atoms.